The van der Waals surface area contributed by atoms with E-state index in [4.69, 9.17) is 0 Å². The van der Waals surface area contributed by atoms with E-state index >= 15 is 0 Å². The van der Waals surface area contributed by atoms with Crippen LogP contribution in [0.4, 0.5) is 17.6 Å². The molecule has 0 spiro atoms. The summed E-state index contributed by atoms with van der Waals surface area (Å²) < 4.78 is 53.4. The zero-order chi connectivity index (χ0) is 13.6. The molecule has 3 nitrogen and oxygen atoms in total. The predicted molar refractivity (Wildman–Crippen MR) is 57.6 cm³/mol. The first kappa shape index (κ1) is 14.8. The van der Waals surface area contributed by atoms with E-state index in [1.54, 1.807) is 25.2 Å². The van der Waals surface area contributed by atoms with Crippen LogP contribution >= 0.6 is 0 Å². The van der Waals surface area contributed by atoms with Gasteiger partial charge in [-0.15, -0.1) is 0 Å². The fourth-order valence-electron chi connectivity index (χ4n) is 1.24. The zero-order valence-corrected chi connectivity index (χ0v) is 9.80. The Kier molecular flexibility index (Phi) is 5.49. The van der Waals surface area contributed by atoms with Crippen LogP contribution in [0.25, 0.3) is 0 Å². The molecule has 1 rings (SSSR count). The van der Waals surface area contributed by atoms with Crippen LogP contribution in [0, 0.1) is 0 Å². The fourth-order valence-corrected chi connectivity index (χ4v) is 1.24. The van der Waals surface area contributed by atoms with E-state index in [1.807, 2.05) is 0 Å². The van der Waals surface area contributed by atoms with Gasteiger partial charge in [0.2, 0.25) is 0 Å². The SMILES string of the molecule is CNCc1cccc(COCC(F)(F)C(F)F)n1. The van der Waals surface area contributed by atoms with Crippen molar-refractivity contribution in [1.29, 1.82) is 0 Å². The summed E-state index contributed by atoms with van der Waals surface area (Å²) in [4.78, 5) is 4.11. The van der Waals surface area contributed by atoms with Crippen LogP contribution < -0.4 is 5.32 Å². The summed E-state index contributed by atoms with van der Waals surface area (Å²) in [6.45, 7) is -1.01. The first-order valence-corrected chi connectivity index (χ1v) is 5.29. The van der Waals surface area contributed by atoms with E-state index in [0.717, 1.165) is 5.69 Å². The second kappa shape index (κ2) is 6.65. The summed E-state index contributed by atoms with van der Waals surface area (Å²) in [5.41, 5.74) is 1.15. The Hall–Kier alpha value is -1.21. The largest absolute Gasteiger partial charge is 0.369 e. The molecule has 0 bridgehead atoms. The van der Waals surface area contributed by atoms with Crippen molar-refractivity contribution in [3.63, 3.8) is 0 Å². The number of rotatable bonds is 7. The van der Waals surface area contributed by atoms with Gasteiger partial charge in [0.15, 0.2) is 0 Å². The molecule has 0 atom stereocenters. The lowest BCUT2D eigenvalue weighted by Crippen LogP contribution is -2.32. The third kappa shape index (κ3) is 4.58. The van der Waals surface area contributed by atoms with Gasteiger partial charge in [-0.2, -0.15) is 8.78 Å². The molecule has 0 aromatic carbocycles. The fraction of sp³-hybridized carbons (Fsp3) is 0.545. The van der Waals surface area contributed by atoms with Crippen molar-refractivity contribution in [1.82, 2.24) is 10.3 Å². The third-order valence-electron chi connectivity index (χ3n) is 2.09. The highest BCUT2D eigenvalue weighted by molar-refractivity contribution is 5.10. The standard InChI is InChI=1S/C11H14F4N2O/c1-16-5-8-3-2-4-9(17-8)6-18-7-11(14,15)10(12)13/h2-4,10,16H,5-7H2,1H3. The summed E-state index contributed by atoms with van der Waals surface area (Å²) in [5.74, 6) is -4.12. The molecule has 7 heteroatoms. The van der Waals surface area contributed by atoms with E-state index in [1.165, 1.54) is 0 Å². The van der Waals surface area contributed by atoms with E-state index in [0.29, 0.717) is 12.2 Å². The van der Waals surface area contributed by atoms with Gasteiger partial charge in [-0.25, -0.2) is 8.78 Å². The average molecular weight is 266 g/mol. The monoisotopic (exact) mass is 266 g/mol. The maximum atomic E-state index is 12.5. The predicted octanol–water partition coefficient (Wildman–Crippen LogP) is 2.22. The first-order chi connectivity index (χ1) is 8.45. The van der Waals surface area contributed by atoms with Gasteiger partial charge >= 0.3 is 12.3 Å². The Morgan fingerprint density at radius 2 is 2.00 bits per heavy atom. The Morgan fingerprint density at radius 1 is 1.33 bits per heavy atom. The second-order valence-corrected chi connectivity index (χ2v) is 3.71. The lowest BCUT2D eigenvalue weighted by atomic mass is 10.3. The summed E-state index contributed by atoms with van der Waals surface area (Å²) in [6.07, 6.45) is -3.72. The van der Waals surface area contributed by atoms with Crippen molar-refractivity contribution in [2.45, 2.75) is 25.5 Å². The molecule has 0 fully saturated rings. The smallest absolute Gasteiger partial charge is 0.330 e. The van der Waals surface area contributed by atoms with Gasteiger partial charge in [-0.3, -0.25) is 4.98 Å². The number of pyridine rings is 1. The van der Waals surface area contributed by atoms with Crippen molar-refractivity contribution in [3.05, 3.63) is 29.6 Å². The normalized spacial score (nSPS) is 12.1. The number of nitrogens with zero attached hydrogens (tertiary/aromatic N) is 1. The molecule has 0 unspecified atom stereocenters. The summed E-state index contributed by atoms with van der Waals surface area (Å²) in [6, 6.07) is 5.04. The second-order valence-electron chi connectivity index (χ2n) is 3.71. The lowest BCUT2D eigenvalue weighted by molar-refractivity contribution is -0.168. The minimum Gasteiger partial charge on any atom is -0.369 e. The van der Waals surface area contributed by atoms with Crippen molar-refractivity contribution in [2.75, 3.05) is 13.7 Å². The quantitative estimate of drug-likeness (QED) is 0.768. The molecule has 0 saturated heterocycles. The molecule has 1 aromatic rings. The van der Waals surface area contributed by atoms with Gasteiger partial charge < -0.3 is 10.1 Å². The van der Waals surface area contributed by atoms with Crippen LogP contribution in [0.5, 0.6) is 0 Å². The summed E-state index contributed by atoms with van der Waals surface area (Å²) in [7, 11) is 1.74. The van der Waals surface area contributed by atoms with Gasteiger partial charge in [0.05, 0.1) is 18.0 Å². The molecule has 1 heterocycles. The number of alkyl halides is 4. The molecule has 0 amide bonds. The molecule has 0 radical (unpaired) electrons. The maximum Gasteiger partial charge on any atom is 0.330 e. The van der Waals surface area contributed by atoms with Crippen LogP contribution in [-0.4, -0.2) is 31.0 Å². The number of hydrogen-bond donors (Lipinski definition) is 1. The van der Waals surface area contributed by atoms with Gasteiger partial charge in [0.25, 0.3) is 0 Å². The minimum absolute atomic E-state index is 0.222. The van der Waals surface area contributed by atoms with E-state index in [2.05, 4.69) is 15.0 Å². The minimum atomic E-state index is -4.12. The molecule has 18 heavy (non-hydrogen) atoms. The van der Waals surface area contributed by atoms with E-state index in [9.17, 15) is 17.6 Å². The topological polar surface area (TPSA) is 34.1 Å². The number of ether oxygens (including phenoxy) is 1. The number of nitrogens with one attached hydrogen (secondary N) is 1. The van der Waals surface area contributed by atoms with Crippen LogP contribution in [0.3, 0.4) is 0 Å². The Labute approximate surface area is 102 Å². The van der Waals surface area contributed by atoms with Crippen LogP contribution in [-0.2, 0) is 17.9 Å². The number of hydrogen-bond acceptors (Lipinski definition) is 3. The molecular formula is C11H14F4N2O. The van der Waals surface area contributed by atoms with Gasteiger partial charge in [0.1, 0.15) is 6.61 Å². The maximum absolute atomic E-state index is 12.5. The average Bonchev–Trinajstić information content (AvgIpc) is 2.29. The van der Waals surface area contributed by atoms with Crippen molar-refractivity contribution < 1.29 is 22.3 Å². The van der Waals surface area contributed by atoms with Crippen LogP contribution in [0.2, 0.25) is 0 Å². The van der Waals surface area contributed by atoms with Crippen molar-refractivity contribution in [3.8, 4) is 0 Å². The highest BCUT2D eigenvalue weighted by Gasteiger charge is 2.40. The first-order valence-electron chi connectivity index (χ1n) is 5.29. The van der Waals surface area contributed by atoms with Gasteiger partial charge in [0, 0.05) is 6.54 Å². The van der Waals surface area contributed by atoms with E-state index in [-0.39, 0.29) is 6.61 Å². The number of halogens is 4. The molecule has 0 saturated carbocycles. The Balaban J connectivity index is 2.46. The molecule has 102 valence electrons. The molecular weight excluding hydrogens is 252 g/mol. The summed E-state index contributed by atoms with van der Waals surface area (Å²) >= 11 is 0. The Bertz CT molecular complexity index is 374. The third-order valence-corrected chi connectivity index (χ3v) is 2.09. The van der Waals surface area contributed by atoms with Crippen LogP contribution in [0.1, 0.15) is 11.4 Å². The highest BCUT2D eigenvalue weighted by atomic mass is 19.3. The van der Waals surface area contributed by atoms with Gasteiger partial charge in [-0.1, -0.05) is 6.07 Å². The molecule has 0 aliphatic rings. The molecule has 1 N–H and O–H groups in total. The summed E-state index contributed by atoms with van der Waals surface area (Å²) in [5, 5.41) is 2.88. The number of aromatic nitrogens is 1. The highest BCUT2D eigenvalue weighted by Crippen LogP contribution is 2.23. The molecule has 1 aromatic heterocycles. The van der Waals surface area contributed by atoms with Crippen LogP contribution in [0.15, 0.2) is 18.2 Å². The molecule has 0 aliphatic heterocycles. The lowest BCUT2D eigenvalue weighted by Gasteiger charge is -2.15. The Morgan fingerprint density at radius 3 is 2.61 bits per heavy atom. The zero-order valence-electron chi connectivity index (χ0n) is 9.80. The van der Waals surface area contributed by atoms with Crippen molar-refractivity contribution in [2.24, 2.45) is 0 Å². The molecule has 0 aliphatic carbocycles. The van der Waals surface area contributed by atoms with Crippen molar-refractivity contribution >= 4 is 0 Å². The van der Waals surface area contributed by atoms with E-state index < -0.39 is 19.0 Å². The van der Waals surface area contributed by atoms with Gasteiger partial charge in [-0.05, 0) is 19.2 Å².